The van der Waals surface area contributed by atoms with E-state index in [0.29, 0.717) is 13.0 Å². The minimum Gasteiger partial charge on any atom is -0.388 e. The van der Waals surface area contributed by atoms with Gasteiger partial charge in [-0.1, -0.05) is 48.5 Å². The third kappa shape index (κ3) is 3.58. The molecule has 0 aliphatic carbocycles. The topological polar surface area (TPSA) is 61.4 Å². The van der Waals surface area contributed by atoms with Crippen LogP contribution in [-0.4, -0.2) is 46.0 Å². The largest absolute Gasteiger partial charge is 0.388 e. The van der Waals surface area contributed by atoms with Crippen LogP contribution in [0, 0.1) is 0 Å². The van der Waals surface area contributed by atoms with Gasteiger partial charge in [0.1, 0.15) is 0 Å². The number of ether oxygens (including phenoxy) is 1. The Hall–Kier alpha value is -2.21. The van der Waals surface area contributed by atoms with Gasteiger partial charge in [-0.05, 0) is 17.5 Å². The van der Waals surface area contributed by atoms with Crippen molar-refractivity contribution in [2.45, 2.75) is 25.1 Å². The fourth-order valence-electron chi connectivity index (χ4n) is 3.56. The summed E-state index contributed by atoms with van der Waals surface area (Å²) in [6.45, 7) is 3.09. The molecule has 0 saturated carbocycles. The molecule has 2 heterocycles. The molecule has 0 amide bonds. The molecular weight excluding hydrogens is 314 g/mol. The average molecular weight is 337 g/mol. The number of benzene rings is 2. The maximum absolute atomic E-state index is 10.6. The number of aliphatic hydroxyl groups is 1. The van der Waals surface area contributed by atoms with Crippen LogP contribution in [0.15, 0.2) is 54.7 Å². The highest BCUT2D eigenvalue weighted by atomic mass is 16.5. The van der Waals surface area contributed by atoms with Gasteiger partial charge in [0.05, 0.1) is 31.0 Å². The molecule has 0 spiro atoms. The summed E-state index contributed by atoms with van der Waals surface area (Å²) in [7, 11) is 0. The number of fused-ring (bicyclic) bond motifs is 1. The third-order valence-electron chi connectivity index (χ3n) is 4.97. The molecular formula is C20H23N3O2. The Morgan fingerprint density at radius 2 is 2.08 bits per heavy atom. The number of morpholine rings is 1. The van der Waals surface area contributed by atoms with Crippen LogP contribution in [0.5, 0.6) is 0 Å². The van der Waals surface area contributed by atoms with Crippen molar-refractivity contribution in [2.75, 3.05) is 19.8 Å². The molecule has 1 saturated heterocycles. The molecule has 3 aromatic rings. The molecule has 5 heteroatoms. The number of aromatic nitrogens is 2. The number of nitrogens with zero attached hydrogens (tertiary/aromatic N) is 2. The SMILES string of the molecule is OC(CC1COCCN1Cc1cccc2cn[nH]c12)c1ccccc1. The van der Waals surface area contributed by atoms with Crippen LogP contribution in [0.2, 0.25) is 0 Å². The van der Waals surface area contributed by atoms with E-state index in [-0.39, 0.29) is 6.04 Å². The van der Waals surface area contributed by atoms with E-state index < -0.39 is 6.10 Å². The van der Waals surface area contributed by atoms with Gasteiger partial charge in [0, 0.05) is 24.5 Å². The zero-order valence-electron chi connectivity index (χ0n) is 14.1. The van der Waals surface area contributed by atoms with Gasteiger partial charge in [-0.15, -0.1) is 0 Å². The first-order valence-electron chi connectivity index (χ1n) is 8.77. The van der Waals surface area contributed by atoms with Gasteiger partial charge in [-0.3, -0.25) is 10.00 Å². The molecule has 1 aliphatic heterocycles. The van der Waals surface area contributed by atoms with Crippen molar-refractivity contribution in [1.82, 2.24) is 15.1 Å². The van der Waals surface area contributed by atoms with Gasteiger partial charge in [-0.25, -0.2) is 0 Å². The molecule has 0 radical (unpaired) electrons. The number of rotatable bonds is 5. The summed E-state index contributed by atoms with van der Waals surface area (Å²) < 4.78 is 5.69. The summed E-state index contributed by atoms with van der Waals surface area (Å²) in [4.78, 5) is 2.41. The van der Waals surface area contributed by atoms with E-state index in [1.165, 1.54) is 5.56 Å². The van der Waals surface area contributed by atoms with Gasteiger partial charge in [0.2, 0.25) is 0 Å². The lowest BCUT2D eigenvalue weighted by Crippen LogP contribution is -2.45. The van der Waals surface area contributed by atoms with E-state index >= 15 is 0 Å². The summed E-state index contributed by atoms with van der Waals surface area (Å²) in [5.41, 5.74) is 3.29. The molecule has 4 rings (SSSR count). The summed E-state index contributed by atoms with van der Waals surface area (Å²) in [5.74, 6) is 0. The van der Waals surface area contributed by atoms with Crippen molar-refractivity contribution in [2.24, 2.45) is 0 Å². The molecule has 5 nitrogen and oxygen atoms in total. The lowest BCUT2D eigenvalue weighted by atomic mass is 10.00. The zero-order valence-corrected chi connectivity index (χ0v) is 14.1. The van der Waals surface area contributed by atoms with E-state index in [4.69, 9.17) is 4.74 Å². The molecule has 1 aliphatic rings. The van der Waals surface area contributed by atoms with Gasteiger partial charge in [0.15, 0.2) is 0 Å². The Morgan fingerprint density at radius 3 is 2.96 bits per heavy atom. The highest BCUT2D eigenvalue weighted by Crippen LogP contribution is 2.25. The molecule has 2 N–H and O–H groups in total. The van der Waals surface area contributed by atoms with Crippen molar-refractivity contribution in [3.8, 4) is 0 Å². The minimum atomic E-state index is -0.474. The van der Waals surface area contributed by atoms with Gasteiger partial charge in [0.25, 0.3) is 0 Å². The van der Waals surface area contributed by atoms with Crippen molar-refractivity contribution in [3.05, 3.63) is 65.9 Å². The van der Waals surface area contributed by atoms with Crippen molar-refractivity contribution in [1.29, 1.82) is 0 Å². The maximum Gasteiger partial charge on any atom is 0.0805 e. The van der Waals surface area contributed by atoms with Crippen LogP contribution >= 0.6 is 0 Å². The number of para-hydroxylation sites is 1. The number of nitrogens with one attached hydrogen (secondary N) is 1. The van der Waals surface area contributed by atoms with Crippen LogP contribution in [-0.2, 0) is 11.3 Å². The molecule has 25 heavy (non-hydrogen) atoms. The predicted octanol–water partition coefficient (Wildman–Crippen LogP) is 2.89. The fraction of sp³-hybridized carbons (Fsp3) is 0.350. The average Bonchev–Trinajstić information content (AvgIpc) is 3.14. The highest BCUT2D eigenvalue weighted by Gasteiger charge is 2.26. The Labute approximate surface area is 147 Å². The first kappa shape index (κ1) is 16.3. The van der Waals surface area contributed by atoms with Gasteiger partial charge in [-0.2, -0.15) is 5.10 Å². The molecule has 1 aromatic heterocycles. The molecule has 1 fully saturated rings. The van der Waals surface area contributed by atoms with Crippen LogP contribution in [0.3, 0.4) is 0 Å². The number of aromatic amines is 1. The molecule has 2 atom stereocenters. The maximum atomic E-state index is 10.6. The first-order valence-corrected chi connectivity index (χ1v) is 8.77. The van der Waals surface area contributed by atoms with Crippen LogP contribution in [0.25, 0.3) is 10.9 Å². The number of hydrogen-bond donors (Lipinski definition) is 2. The van der Waals surface area contributed by atoms with Crippen LogP contribution < -0.4 is 0 Å². The second-order valence-corrected chi connectivity index (χ2v) is 6.61. The molecule has 2 unspecified atom stereocenters. The molecule has 130 valence electrons. The predicted molar refractivity (Wildman–Crippen MR) is 97.1 cm³/mol. The monoisotopic (exact) mass is 337 g/mol. The summed E-state index contributed by atoms with van der Waals surface area (Å²) >= 11 is 0. The second kappa shape index (κ2) is 7.35. The Bertz CT molecular complexity index is 818. The first-order chi connectivity index (χ1) is 12.3. The van der Waals surface area contributed by atoms with E-state index in [1.807, 2.05) is 36.5 Å². The normalized spacial score (nSPS) is 20.0. The van der Waals surface area contributed by atoms with Crippen LogP contribution in [0.4, 0.5) is 0 Å². The summed E-state index contributed by atoms with van der Waals surface area (Å²) in [6.07, 6.45) is 2.05. The zero-order chi connectivity index (χ0) is 17.1. The molecule has 2 aromatic carbocycles. The summed E-state index contributed by atoms with van der Waals surface area (Å²) in [5, 5.41) is 19.0. The van der Waals surface area contributed by atoms with Gasteiger partial charge >= 0.3 is 0 Å². The lowest BCUT2D eigenvalue weighted by Gasteiger charge is -2.36. The number of H-pyrrole nitrogens is 1. The molecule has 0 bridgehead atoms. The van der Waals surface area contributed by atoms with E-state index in [0.717, 1.165) is 36.2 Å². The smallest absolute Gasteiger partial charge is 0.0805 e. The third-order valence-corrected chi connectivity index (χ3v) is 4.97. The van der Waals surface area contributed by atoms with Crippen molar-refractivity contribution < 1.29 is 9.84 Å². The van der Waals surface area contributed by atoms with E-state index in [1.54, 1.807) is 0 Å². The Balaban J connectivity index is 1.50. The summed E-state index contributed by atoms with van der Waals surface area (Å²) in [6, 6.07) is 16.3. The van der Waals surface area contributed by atoms with Crippen molar-refractivity contribution in [3.63, 3.8) is 0 Å². The standard InChI is InChI=1S/C20H23N3O2/c24-19(15-5-2-1-3-6-15)11-18-14-25-10-9-23(18)13-17-8-4-7-16-12-21-22-20(16)17/h1-8,12,18-19,24H,9-11,13-14H2,(H,21,22). The van der Waals surface area contributed by atoms with Crippen LogP contribution in [0.1, 0.15) is 23.7 Å². The number of hydrogen-bond acceptors (Lipinski definition) is 4. The Kier molecular flexibility index (Phi) is 4.78. The number of aliphatic hydroxyl groups excluding tert-OH is 1. The highest BCUT2D eigenvalue weighted by molar-refractivity contribution is 5.81. The quantitative estimate of drug-likeness (QED) is 0.751. The van der Waals surface area contributed by atoms with E-state index in [2.05, 4.69) is 33.3 Å². The van der Waals surface area contributed by atoms with Gasteiger partial charge < -0.3 is 9.84 Å². The second-order valence-electron chi connectivity index (χ2n) is 6.61. The lowest BCUT2D eigenvalue weighted by molar-refractivity contribution is -0.0298. The Morgan fingerprint density at radius 1 is 1.20 bits per heavy atom. The minimum absolute atomic E-state index is 0.196. The van der Waals surface area contributed by atoms with E-state index in [9.17, 15) is 5.11 Å². The fourth-order valence-corrected chi connectivity index (χ4v) is 3.56. The van der Waals surface area contributed by atoms with Crippen molar-refractivity contribution >= 4 is 10.9 Å².